The number of rotatable bonds is 7. The fourth-order valence-electron chi connectivity index (χ4n) is 1.97. The van der Waals surface area contributed by atoms with Gasteiger partial charge in [-0.3, -0.25) is 0 Å². The monoisotopic (exact) mass is 289 g/mol. The summed E-state index contributed by atoms with van der Waals surface area (Å²) < 4.78 is 0. The van der Waals surface area contributed by atoms with Crippen molar-refractivity contribution in [2.45, 2.75) is 0 Å². The highest BCUT2D eigenvalue weighted by Gasteiger charge is 2.12. The van der Waals surface area contributed by atoms with E-state index >= 15 is 0 Å². The topological polar surface area (TPSA) is 108 Å². The molecule has 0 fully saturated rings. The zero-order valence-electron chi connectivity index (χ0n) is 11.6. The Morgan fingerprint density at radius 1 is 1.05 bits per heavy atom. The van der Waals surface area contributed by atoms with Crippen LogP contribution in [0.2, 0.25) is 0 Å². The Bertz CT molecular complexity index is 559. The second kappa shape index (κ2) is 7.53. The van der Waals surface area contributed by atoms with Gasteiger partial charge in [-0.05, 0) is 0 Å². The highest BCUT2D eigenvalue weighted by molar-refractivity contribution is 5.61. The van der Waals surface area contributed by atoms with Gasteiger partial charge in [0.1, 0.15) is 11.6 Å². The van der Waals surface area contributed by atoms with E-state index in [-0.39, 0.29) is 13.2 Å². The summed E-state index contributed by atoms with van der Waals surface area (Å²) in [5, 5.41) is 18.3. The minimum atomic E-state index is -0.0317. The molecule has 1 heterocycles. The van der Waals surface area contributed by atoms with Crippen molar-refractivity contribution in [3.05, 3.63) is 36.4 Å². The largest absolute Gasteiger partial charge is 0.395 e. The molecule has 0 radical (unpaired) electrons. The van der Waals surface area contributed by atoms with E-state index in [0.29, 0.717) is 30.5 Å². The third-order valence-electron chi connectivity index (χ3n) is 2.96. The smallest absolute Gasteiger partial charge is 0.163 e. The van der Waals surface area contributed by atoms with Crippen molar-refractivity contribution in [2.75, 3.05) is 36.6 Å². The number of nitrogens with zero attached hydrogens (tertiary/aromatic N) is 3. The predicted molar refractivity (Wildman–Crippen MR) is 81.7 cm³/mol. The van der Waals surface area contributed by atoms with Gasteiger partial charge in [-0.25, -0.2) is 15.8 Å². The van der Waals surface area contributed by atoms with Gasteiger partial charge in [-0.15, -0.1) is 0 Å². The Kier molecular flexibility index (Phi) is 5.44. The van der Waals surface area contributed by atoms with E-state index in [9.17, 15) is 0 Å². The summed E-state index contributed by atoms with van der Waals surface area (Å²) in [6.45, 7) is 0.678. The molecule has 0 atom stereocenters. The zero-order chi connectivity index (χ0) is 15.1. The van der Waals surface area contributed by atoms with E-state index in [1.54, 1.807) is 11.0 Å². The van der Waals surface area contributed by atoms with Crippen molar-refractivity contribution in [2.24, 2.45) is 5.84 Å². The Labute approximate surface area is 123 Å². The summed E-state index contributed by atoms with van der Waals surface area (Å²) in [6, 6.07) is 11.2. The molecule has 7 heteroatoms. The van der Waals surface area contributed by atoms with Crippen LogP contribution in [0.15, 0.2) is 36.4 Å². The van der Waals surface area contributed by atoms with Gasteiger partial charge in [0.2, 0.25) is 0 Å². The Morgan fingerprint density at radius 2 is 1.71 bits per heavy atom. The quantitative estimate of drug-likeness (QED) is 0.426. The number of aliphatic hydroxyl groups is 2. The maximum absolute atomic E-state index is 9.13. The summed E-state index contributed by atoms with van der Waals surface area (Å²) in [7, 11) is 0. The first-order valence-corrected chi connectivity index (χ1v) is 6.66. The van der Waals surface area contributed by atoms with Gasteiger partial charge < -0.3 is 20.5 Å². The molecular formula is C14H19N5O2. The molecule has 1 aromatic heterocycles. The second-order valence-electron chi connectivity index (χ2n) is 4.38. The van der Waals surface area contributed by atoms with E-state index in [1.807, 2.05) is 30.3 Å². The van der Waals surface area contributed by atoms with Gasteiger partial charge in [0, 0.05) is 24.7 Å². The maximum atomic E-state index is 9.13. The van der Waals surface area contributed by atoms with E-state index in [1.165, 1.54) is 0 Å². The lowest BCUT2D eigenvalue weighted by molar-refractivity contribution is 0.280. The molecule has 0 saturated heterocycles. The third-order valence-corrected chi connectivity index (χ3v) is 2.96. The first-order valence-electron chi connectivity index (χ1n) is 6.66. The van der Waals surface area contributed by atoms with Crippen molar-refractivity contribution < 1.29 is 10.2 Å². The fraction of sp³-hybridized carbons (Fsp3) is 0.286. The number of benzene rings is 1. The van der Waals surface area contributed by atoms with Crippen LogP contribution in [-0.2, 0) is 0 Å². The highest BCUT2D eigenvalue weighted by Crippen LogP contribution is 2.21. The van der Waals surface area contributed by atoms with Crippen LogP contribution in [0.3, 0.4) is 0 Å². The average Bonchev–Trinajstić information content (AvgIpc) is 2.55. The zero-order valence-corrected chi connectivity index (χ0v) is 11.6. The number of aliphatic hydroxyl groups excluding tert-OH is 2. The number of hydrogen-bond donors (Lipinski definition) is 4. The van der Waals surface area contributed by atoms with Crippen molar-refractivity contribution in [3.63, 3.8) is 0 Å². The molecule has 0 aliphatic heterocycles. The number of nitrogen functional groups attached to an aromatic ring is 1. The molecule has 0 aliphatic rings. The molecule has 2 aromatic rings. The second-order valence-corrected chi connectivity index (χ2v) is 4.38. The lowest BCUT2D eigenvalue weighted by Crippen LogP contribution is -2.30. The molecule has 5 N–H and O–H groups in total. The van der Waals surface area contributed by atoms with Gasteiger partial charge in [0.25, 0.3) is 0 Å². The number of hydrogen-bond acceptors (Lipinski definition) is 7. The third kappa shape index (κ3) is 3.88. The van der Waals surface area contributed by atoms with Crippen molar-refractivity contribution in [1.82, 2.24) is 9.97 Å². The molecule has 0 spiro atoms. The fourth-order valence-corrected chi connectivity index (χ4v) is 1.97. The van der Waals surface area contributed by atoms with E-state index < -0.39 is 0 Å². The minimum Gasteiger partial charge on any atom is -0.395 e. The Hall–Kier alpha value is -2.22. The van der Waals surface area contributed by atoms with Gasteiger partial charge in [0.05, 0.1) is 13.2 Å². The van der Waals surface area contributed by atoms with Gasteiger partial charge in [-0.2, -0.15) is 0 Å². The number of anilines is 2. The number of nitrogens with one attached hydrogen (secondary N) is 1. The van der Waals surface area contributed by atoms with Crippen LogP contribution in [0.25, 0.3) is 11.4 Å². The predicted octanol–water partition coefficient (Wildman–Crippen LogP) is 0.220. The molecule has 21 heavy (non-hydrogen) atoms. The summed E-state index contributed by atoms with van der Waals surface area (Å²) in [4.78, 5) is 10.6. The Balaban J connectivity index is 2.41. The average molecular weight is 289 g/mol. The Morgan fingerprint density at radius 3 is 2.29 bits per heavy atom. The van der Waals surface area contributed by atoms with Crippen molar-refractivity contribution in [1.29, 1.82) is 0 Å². The maximum Gasteiger partial charge on any atom is 0.163 e. The van der Waals surface area contributed by atoms with Gasteiger partial charge in [-0.1, -0.05) is 30.3 Å². The molecule has 7 nitrogen and oxygen atoms in total. The van der Waals surface area contributed by atoms with Crippen LogP contribution in [-0.4, -0.2) is 46.5 Å². The molecule has 0 amide bonds. The first kappa shape index (κ1) is 15.2. The molecule has 112 valence electrons. The lowest BCUT2D eigenvalue weighted by Gasteiger charge is -2.22. The molecule has 2 rings (SSSR count). The summed E-state index contributed by atoms with van der Waals surface area (Å²) >= 11 is 0. The van der Waals surface area contributed by atoms with Gasteiger partial charge in [0.15, 0.2) is 5.82 Å². The van der Waals surface area contributed by atoms with Crippen LogP contribution in [0.1, 0.15) is 0 Å². The number of hydrazine groups is 1. The van der Waals surface area contributed by atoms with Crippen molar-refractivity contribution >= 4 is 11.6 Å². The highest BCUT2D eigenvalue weighted by atomic mass is 16.3. The molecule has 0 bridgehead atoms. The van der Waals surface area contributed by atoms with Crippen LogP contribution in [0, 0.1) is 0 Å². The SMILES string of the molecule is NNc1cc(N(CCO)CCO)nc(-c2ccccc2)n1. The van der Waals surface area contributed by atoms with E-state index in [0.717, 1.165) is 5.56 Å². The lowest BCUT2D eigenvalue weighted by atomic mass is 10.2. The molecular weight excluding hydrogens is 270 g/mol. The molecule has 1 aromatic carbocycles. The summed E-state index contributed by atoms with van der Waals surface area (Å²) in [6.07, 6.45) is 0. The molecule has 0 aliphatic carbocycles. The number of nitrogens with two attached hydrogens (primary N) is 1. The van der Waals surface area contributed by atoms with E-state index in [2.05, 4.69) is 15.4 Å². The van der Waals surface area contributed by atoms with E-state index in [4.69, 9.17) is 16.1 Å². The van der Waals surface area contributed by atoms with Crippen LogP contribution in [0.5, 0.6) is 0 Å². The summed E-state index contributed by atoms with van der Waals surface area (Å²) in [5.74, 6) is 7.05. The molecule has 0 unspecified atom stereocenters. The number of aromatic nitrogens is 2. The van der Waals surface area contributed by atoms with Gasteiger partial charge >= 0.3 is 0 Å². The normalized spacial score (nSPS) is 10.4. The standard InChI is InChI=1S/C14H19N5O2/c15-18-12-10-13(19(6-8-20)7-9-21)17-14(16-12)11-4-2-1-3-5-11/h1-5,10,20-21H,6-9,15H2,(H,16,17,18). The van der Waals surface area contributed by atoms with Crippen LogP contribution >= 0.6 is 0 Å². The van der Waals surface area contributed by atoms with Crippen LogP contribution < -0.4 is 16.2 Å². The van der Waals surface area contributed by atoms with Crippen LogP contribution in [0.4, 0.5) is 11.6 Å². The van der Waals surface area contributed by atoms with Crippen molar-refractivity contribution in [3.8, 4) is 11.4 Å². The molecule has 0 saturated carbocycles. The minimum absolute atomic E-state index is 0.0317. The summed E-state index contributed by atoms with van der Waals surface area (Å²) in [5.41, 5.74) is 3.38. The first-order chi connectivity index (χ1) is 10.3.